The standard InChI is InChI=1S/C30H28FN7O3/c1-17-5-6-18-13-19(7-9-23(18)34-17)38-27(16-26(37-38)30(2,3)4)36-29(40)35-24-10-8-20(14-22(24)31)41-21-11-12-33-25(15-21)28(32)39/h5-16H,1-4H3,(H2,32,39)(H2,35,36,40). The molecular weight excluding hydrogens is 525 g/mol. The summed E-state index contributed by atoms with van der Waals surface area (Å²) in [6.45, 7) is 8.01. The van der Waals surface area contributed by atoms with Gasteiger partial charge in [0, 0.05) is 40.9 Å². The Kier molecular flexibility index (Phi) is 7.10. The first kappa shape index (κ1) is 27.3. The van der Waals surface area contributed by atoms with Gasteiger partial charge in [-0.15, -0.1) is 0 Å². The third-order valence-electron chi connectivity index (χ3n) is 6.18. The lowest BCUT2D eigenvalue weighted by Crippen LogP contribution is -2.22. The second-order valence-corrected chi connectivity index (χ2v) is 10.5. The molecule has 0 bridgehead atoms. The fourth-order valence-electron chi connectivity index (χ4n) is 4.06. The van der Waals surface area contributed by atoms with E-state index in [9.17, 15) is 14.0 Å². The molecule has 5 aromatic rings. The van der Waals surface area contributed by atoms with Crippen molar-refractivity contribution in [1.82, 2.24) is 19.7 Å². The molecule has 10 nitrogen and oxygen atoms in total. The molecule has 3 heterocycles. The van der Waals surface area contributed by atoms with E-state index in [1.54, 1.807) is 10.7 Å². The van der Waals surface area contributed by atoms with Gasteiger partial charge in [0.05, 0.1) is 22.6 Å². The van der Waals surface area contributed by atoms with Gasteiger partial charge in [0.2, 0.25) is 0 Å². The number of halogens is 1. The van der Waals surface area contributed by atoms with Gasteiger partial charge in [-0.1, -0.05) is 26.8 Å². The van der Waals surface area contributed by atoms with Crippen LogP contribution in [0.5, 0.6) is 11.5 Å². The number of hydrogen-bond donors (Lipinski definition) is 3. The zero-order chi connectivity index (χ0) is 29.3. The molecule has 0 atom stereocenters. The van der Waals surface area contributed by atoms with E-state index < -0.39 is 17.8 Å². The Morgan fingerprint density at radius 2 is 1.73 bits per heavy atom. The van der Waals surface area contributed by atoms with Crippen LogP contribution in [-0.4, -0.2) is 31.7 Å². The van der Waals surface area contributed by atoms with Gasteiger partial charge < -0.3 is 15.8 Å². The minimum atomic E-state index is -0.719. The van der Waals surface area contributed by atoms with Crippen LogP contribution in [0.25, 0.3) is 16.6 Å². The molecule has 2 aromatic carbocycles. The molecule has 11 heteroatoms. The van der Waals surface area contributed by atoms with Crippen LogP contribution in [0, 0.1) is 12.7 Å². The number of pyridine rings is 2. The van der Waals surface area contributed by atoms with E-state index in [1.807, 2.05) is 58.0 Å². The molecule has 208 valence electrons. The van der Waals surface area contributed by atoms with E-state index in [1.165, 1.54) is 30.5 Å². The number of benzene rings is 2. The average molecular weight is 554 g/mol. The SMILES string of the molecule is Cc1ccc2cc(-n3nc(C(C)(C)C)cc3NC(=O)Nc3ccc(Oc4ccnc(C(N)=O)c4)cc3F)ccc2n1. The number of nitrogens with zero attached hydrogens (tertiary/aromatic N) is 4. The number of aryl methyl sites for hydroxylation is 1. The van der Waals surface area contributed by atoms with Crippen LogP contribution in [0.2, 0.25) is 0 Å². The number of anilines is 2. The summed E-state index contributed by atoms with van der Waals surface area (Å²) in [7, 11) is 0. The Morgan fingerprint density at radius 1 is 0.951 bits per heavy atom. The molecule has 0 fully saturated rings. The van der Waals surface area contributed by atoms with Crippen LogP contribution >= 0.6 is 0 Å². The highest BCUT2D eigenvalue weighted by Gasteiger charge is 2.22. The Hall–Kier alpha value is -5.32. The predicted molar refractivity (Wildman–Crippen MR) is 154 cm³/mol. The number of nitrogens with two attached hydrogens (primary N) is 1. The van der Waals surface area contributed by atoms with Crippen molar-refractivity contribution < 1.29 is 18.7 Å². The molecular formula is C30H28FN7O3. The molecule has 3 amide bonds. The molecule has 0 aliphatic rings. The number of aromatic nitrogens is 4. The van der Waals surface area contributed by atoms with Crippen molar-refractivity contribution in [2.45, 2.75) is 33.1 Å². The Balaban J connectivity index is 1.36. The lowest BCUT2D eigenvalue weighted by Gasteiger charge is -2.14. The Bertz CT molecular complexity index is 1790. The minimum absolute atomic E-state index is 0.0160. The monoisotopic (exact) mass is 553 g/mol. The summed E-state index contributed by atoms with van der Waals surface area (Å²) in [5.74, 6) is -0.604. The second-order valence-electron chi connectivity index (χ2n) is 10.5. The molecule has 3 aromatic heterocycles. The molecule has 0 unspecified atom stereocenters. The molecule has 0 saturated heterocycles. The Morgan fingerprint density at radius 3 is 2.46 bits per heavy atom. The van der Waals surface area contributed by atoms with Gasteiger partial charge in [0.15, 0.2) is 0 Å². The number of fused-ring (bicyclic) bond motifs is 1. The summed E-state index contributed by atoms with van der Waals surface area (Å²) in [6.07, 6.45) is 1.36. The maximum absolute atomic E-state index is 14.9. The van der Waals surface area contributed by atoms with Crippen molar-refractivity contribution in [1.29, 1.82) is 0 Å². The van der Waals surface area contributed by atoms with E-state index in [0.717, 1.165) is 34.0 Å². The van der Waals surface area contributed by atoms with Gasteiger partial charge in [0.25, 0.3) is 5.91 Å². The normalized spacial score (nSPS) is 11.3. The molecule has 0 aliphatic carbocycles. The number of carbonyl (C=O) groups excluding carboxylic acids is 2. The van der Waals surface area contributed by atoms with Crippen molar-refractivity contribution in [3.05, 3.63) is 95.8 Å². The summed E-state index contributed by atoms with van der Waals surface area (Å²) in [5.41, 5.74) is 8.17. The highest BCUT2D eigenvalue weighted by atomic mass is 19.1. The van der Waals surface area contributed by atoms with Gasteiger partial charge in [-0.2, -0.15) is 5.10 Å². The maximum atomic E-state index is 14.9. The number of urea groups is 1. The minimum Gasteiger partial charge on any atom is -0.457 e. The molecule has 4 N–H and O–H groups in total. The van der Waals surface area contributed by atoms with Crippen LogP contribution in [0.4, 0.5) is 20.7 Å². The molecule has 0 spiro atoms. The van der Waals surface area contributed by atoms with Crippen molar-refractivity contribution in [3.63, 3.8) is 0 Å². The summed E-state index contributed by atoms with van der Waals surface area (Å²) in [4.78, 5) is 32.7. The van der Waals surface area contributed by atoms with E-state index in [0.29, 0.717) is 5.82 Å². The topological polar surface area (TPSA) is 137 Å². The lowest BCUT2D eigenvalue weighted by atomic mass is 9.92. The van der Waals surface area contributed by atoms with Crippen molar-refractivity contribution in [2.24, 2.45) is 5.73 Å². The predicted octanol–water partition coefficient (Wildman–Crippen LogP) is 6.10. The number of hydrogen-bond acceptors (Lipinski definition) is 6. The summed E-state index contributed by atoms with van der Waals surface area (Å²) < 4.78 is 22.2. The first-order valence-electron chi connectivity index (χ1n) is 12.8. The van der Waals surface area contributed by atoms with Crippen molar-refractivity contribution in [2.75, 3.05) is 10.6 Å². The average Bonchev–Trinajstić information content (AvgIpc) is 3.34. The number of primary amides is 1. The molecule has 5 rings (SSSR count). The Labute approximate surface area is 235 Å². The number of carbonyl (C=O) groups is 2. The number of nitrogens with one attached hydrogen (secondary N) is 2. The van der Waals surface area contributed by atoms with Gasteiger partial charge in [-0.25, -0.2) is 13.9 Å². The van der Waals surface area contributed by atoms with Gasteiger partial charge in [0.1, 0.15) is 28.8 Å². The van der Waals surface area contributed by atoms with E-state index >= 15 is 0 Å². The van der Waals surface area contributed by atoms with E-state index in [-0.39, 0.29) is 28.3 Å². The fourth-order valence-corrected chi connectivity index (χ4v) is 4.06. The third kappa shape index (κ3) is 6.14. The van der Waals surface area contributed by atoms with Gasteiger partial charge in [-0.05, 0) is 49.4 Å². The second kappa shape index (κ2) is 10.7. The van der Waals surface area contributed by atoms with Crippen molar-refractivity contribution in [3.8, 4) is 17.2 Å². The molecule has 41 heavy (non-hydrogen) atoms. The smallest absolute Gasteiger partial charge is 0.324 e. The first-order chi connectivity index (χ1) is 19.5. The van der Waals surface area contributed by atoms with E-state index in [2.05, 4.69) is 20.6 Å². The summed E-state index contributed by atoms with van der Waals surface area (Å²) in [5, 5.41) is 11.0. The van der Waals surface area contributed by atoms with Crippen LogP contribution < -0.4 is 21.1 Å². The third-order valence-corrected chi connectivity index (χ3v) is 6.18. The van der Waals surface area contributed by atoms with Gasteiger partial charge >= 0.3 is 6.03 Å². The summed E-state index contributed by atoms with van der Waals surface area (Å²) >= 11 is 0. The molecule has 0 saturated carbocycles. The summed E-state index contributed by atoms with van der Waals surface area (Å²) in [6, 6.07) is 17.6. The number of ether oxygens (including phenoxy) is 1. The highest BCUT2D eigenvalue weighted by Crippen LogP contribution is 2.29. The van der Waals surface area contributed by atoms with Crippen LogP contribution in [0.1, 0.15) is 42.6 Å². The fraction of sp³-hybridized carbons (Fsp3) is 0.167. The van der Waals surface area contributed by atoms with Crippen LogP contribution in [0.15, 0.2) is 72.9 Å². The van der Waals surface area contributed by atoms with Crippen molar-refractivity contribution >= 4 is 34.3 Å². The largest absolute Gasteiger partial charge is 0.457 e. The molecule has 0 aliphatic heterocycles. The van der Waals surface area contributed by atoms with Crippen LogP contribution in [0.3, 0.4) is 0 Å². The maximum Gasteiger partial charge on any atom is 0.324 e. The quantitative estimate of drug-likeness (QED) is 0.233. The highest BCUT2D eigenvalue weighted by molar-refractivity contribution is 5.99. The number of amides is 3. The lowest BCUT2D eigenvalue weighted by molar-refractivity contribution is 0.0995. The van der Waals surface area contributed by atoms with Crippen LogP contribution in [-0.2, 0) is 5.41 Å². The zero-order valence-corrected chi connectivity index (χ0v) is 22.9. The number of rotatable bonds is 6. The van der Waals surface area contributed by atoms with E-state index in [4.69, 9.17) is 15.6 Å². The molecule has 0 radical (unpaired) electrons. The first-order valence-corrected chi connectivity index (χ1v) is 12.8. The zero-order valence-electron chi connectivity index (χ0n) is 22.9. The van der Waals surface area contributed by atoms with Gasteiger partial charge in [-0.3, -0.25) is 20.1 Å².